The van der Waals surface area contributed by atoms with Crippen LogP contribution in [0.1, 0.15) is 41.9 Å². The Morgan fingerprint density at radius 2 is 1.46 bits per heavy atom. The zero-order valence-electron chi connectivity index (χ0n) is 21.8. The second kappa shape index (κ2) is 11.7. The van der Waals surface area contributed by atoms with Gasteiger partial charge >= 0.3 is 12.1 Å². The van der Waals surface area contributed by atoms with Crippen molar-refractivity contribution in [2.75, 3.05) is 26.2 Å². The fraction of sp³-hybridized carbons (Fsp3) is 0.323. The van der Waals surface area contributed by atoms with Gasteiger partial charge in [-0.1, -0.05) is 78.9 Å². The smallest absolute Gasteiger partial charge is 0.407 e. The lowest BCUT2D eigenvalue weighted by Crippen LogP contribution is -2.57. The molecule has 0 spiro atoms. The van der Waals surface area contributed by atoms with Gasteiger partial charge in [0, 0.05) is 32.0 Å². The molecule has 2 amide bonds. The number of hydrogen-bond donors (Lipinski definition) is 3. The molecule has 3 N–H and O–H groups in total. The summed E-state index contributed by atoms with van der Waals surface area (Å²) < 4.78 is 5.78. The molecule has 3 aromatic carbocycles. The van der Waals surface area contributed by atoms with Gasteiger partial charge in [0.1, 0.15) is 13.2 Å². The van der Waals surface area contributed by atoms with E-state index in [0.29, 0.717) is 25.9 Å². The minimum Gasteiger partial charge on any atom is -0.480 e. The largest absolute Gasteiger partial charge is 0.480 e. The number of alkyl carbamates (subject to hydrolysis) is 1. The maximum absolute atomic E-state index is 13.1. The molecule has 1 fully saturated rings. The Kier molecular flexibility index (Phi) is 7.93. The molecule has 1 saturated heterocycles. The molecule has 5 rings (SSSR count). The van der Waals surface area contributed by atoms with Crippen molar-refractivity contribution in [2.24, 2.45) is 0 Å². The fourth-order valence-corrected chi connectivity index (χ4v) is 5.72. The number of aliphatic carboxylic acids is 1. The molecular weight excluding hydrogens is 494 g/mol. The van der Waals surface area contributed by atoms with E-state index in [-0.39, 0.29) is 18.9 Å². The van der Waals surface area contributed by atoms with Gasteiger partial charge in [-0.2, -0.15) is 0 Å². The van der Waals surface area contributed by atoms with E-state index in [2.05, 4.69) is 51.9 Å². The number of hydrogen-bond acceptors (Lipinski definition) is 5. The van der Waals surface area contributed by atoms with Crippen molar-refractivity contribution in [3.8, 4) is 11.1 Å². The third kappa shape index (κ3) is 6.29. The predicted molar refractivity (Wildman–Crippen MR) is 147 cm³/mol. The molecular formula is C31H33N3O5. The molecule has 1 heterocycles. The second-order valence-corrected chi connectivity index (χ2v) is 10.3. The van der Waals surface area contributed by atoms with E-state index < -0.39 is 30.1 Å². The minimum absolute atomic E-state index is 0.0103. The van der Waals surface area contributed by atoms with E-state index in [1.807, 2.05) is 42.5 Å². The molecule has 0 aromatic heterocycles. The molecule has 202 valence electrons. The molecule has 39 heavy (non-hydrogen) atoms. The second-order valence-electron chi connectivity index (χ2n) is 10.3. The van der Waals surface area contributed by atoms with Gasteiger partial charge in [-0.3, -0.25) is 14.5 Å². The van der Waals surface area contributed by atoms with Crippen LogP contribution in [-0.2, 0) is 20.9 Å². The molecule has 8 heteroatoms. The van der Waals surface area contributed by atoms with Gasteiger partial charge in [0.05, 0.1) is 5.54 Å². The molecule has 0 saturated carbocycles. The highest BCUT2D eigenvalue weighted by molar-refractivity contribution is 5.83. The Morgan fingerprint density at radius 1 is 0.872 bits per heavy atom. The van der Waals surface area contributed by atoms with Gasteiger partial charge < -0.3 is 20.5 Å². The van der Waals surface area contributed by atoms with Gasteiger partial charge in [0.2, 0.25) is 5.91 Å². The predicted octanol–water partition coefficient (Wildman–Crippen LogP) is 4.15. The third-order valence-electron chi connectivity index (χ3n) is 7.71. The van der Waals surface area contributed by atoms with E-state index in [0.717, 1.165) is 28.8 Å². The summed E-state index contributed by atoms with van der Waals surface area (Å²) in [7, 11) is 0. The van der Waals surface area contributed by atoms with E-state index in [1.165, 1.54) is 5.56 Å². The van der Waals surface area contributed by atoms with Gasteiger partial charge in [-0.25, -0.2) is 4.79 Å². The lowest BCUT2D eigenvalue weighted by Gasteiger charge is -2.41. The number of carbonyl (C=O) groups is 3. The van der Waals surface area contributed by atoms with Gasteiger partial charge in [-0.15, -0.1) is 0 Å². The lowest BCUT2D eigenvalue weighted by molar-refractivity contribution is -0.138. The Labute approximate surface area is 228 Å². The first kappa shape index (κ1) is 26.4. The number of fused-ring (bicyclic) bond motifs is 3. The van der Waals surface area contributed by atoms with E-state index in [1.54, 1.807) is 0 Å². The topological polar surface area (TPSA) is 108 Å². The van der Waals surface area contributed by atoms with E-state index in [9.17, 15) is 14.4 Å². The fourth-order valence-electron chi connectivity index (χ4n) is 5.72. The van der Waals surface area contributed by atoms with Gasteiger partial charge in [0.15, 0.2) is 0 Å². The first-order chi connectivity index (χ1) is 18.9. The number of piperidine rings is 1. The van der Waals surface area contributed by atoms with E-state index >= 15 is 0 Å². The number of nitrogens with zero attached hydrogens (tertiary/aromatic N) is 1. The molecule has 1 aliphatic heterocycles. The average molecular weight is 528 g/mol. The van der Waals surface area contributed by atoms with Crippen molar-refractivity contribution in [1.82, 2.24) is 15.5 Å². The molecule has 0 unspecified atom stereocenters. The zero-order chi connectivity index (χ0) is 27.2. The van der Waals surface area contributed by atoms with Crippen molar-refractivity contribution >= 4 is 18.0 Å². The number of nitrogens with one attached hydrogen (secondary N) is 2. The highest BCUT2D eigenvalue weighted by atomic mass is 16.5. The van der Waals surface area contributed by atoms with E-state index in [4.69, 9.17) is 9.84 Å². The Bertz CT molecular complexity index is 1290. The summed E-state index contributed by atoms with van der Waals surface area (Å²) in [6.45, 7) is 1.88. The summed E-state index contributed by atoms with van der Waals surface area (Å²) in [6, 6.07) is 26.5. The number of likely N-dealkylation sites (tertiary alicyclic amines) is 1. The number of carboxylic acids is 1. The monoisotopic (exact) mass is 527 g/mol. The molecule has 3 aromatic rings. The summed E-state index contributed by atoms with van der Waals surface area (Å²) in [6.07, 6.45) is 0.512. The maximum atomic E-state index is 13.1. The summed E-state index contributed by atoms with van der Waals surface area (Å²) in [5.74, 6) is -1.59. The van der Waals surface area contributed by atoms with Crippen molar-refractivity contribution in [3.63, 3.8) is 0 Å². The van der Waals surface area contributed by atoms with Crippen LogP contribution in [0.25, 0.3) is 11.1 Å². The van der Waals surface area contributed by atoms with Crippen LogP contribution in [0.15, 0.2) is 78.9 Å². The zero-order valence-corrected chi connectivity index (χ0v) is 21.8. The van der Waals surface area contributed by atoms with Crippen LogP contribution in [-0.4, -0.2) is 59.8 Å². The van der Waals surface area contributed by atoms with Crippen molar-refractivity contribution in [3.05, 3.63) is 95.6 Å². The van der Waals surface area contributed by atoms with Gasteiger partial charge in [0.25, 0.3) is 0 Å². The number of amides is 2. The van der Waals surface area contributed by atoms with Gasteiger partial charge in [-0.05, 0) is 40.7 Å². The highest BCUT2D eigenvalue weighted by Crippen LogP contribution is 2.44. The molecule has 0 bridgehead atoms. The molecule has 2 aliphatic rings. The first-order valence-corrected chi connectivity index (χ1v) is 13.3. The van der Waals surface area contributed by atoms with Crippen molar-refractivity contribution < 1.29 is 24.2 Å². The van der Waals surface area contributed by atoms with Crippen LogP contribution in [0.2, 0.25) is 0 Å². The Hall–Kier alpha value is -4.17. The maximum Gasteiger partial charge on any atom is 0.407 e. The Balaban J connectivity index is 1.25. The summed E-state index contributed by atoms with van der Waals surface area (Å²) in [5, 5.41) is 14.4. The SMILES string of the molecule is O=C(O)CNC(=O)CC1(NC(=O)OCC2c3ccccc3-c3ccccc32)CCN(Cc2ccccc2)CC1. The molecule has 0 atom stereocenters. The van der Waals surface area contributed by atoms with Crippen LogP contribution in [0, 0.1) is 0 Å². The Morgan fingerprint density at radius 3 is 2.08 bits per heavy atom. The summed E-state index contributed by atoms with van der Waals surface area (Å²) in [4.78, 5) is 39.0. The van der Waals surface area contributed by atoms with Crippen LogP contribution in [0.3, 0.4) is 0 Å². The number of carbonyl (C=O) groups excluding carboxylic acids is 2. The first-order valence-electron chi connectivity index (χ1n) is 13.3. The van der Waals surface area contributed by atoms with Crippen molar-refractivity contribution in [1.29, 1.82) is 0 Å². The third-order valence-corrected chi connectivity index (χ3v) is 7.71. The highest BCUT2D eigenvalue weighted by Gasteiger charge is 2.39. The average Bonchev–Trinajstić information content (AvgIpc) is 3.26. The summed E-state index contributed by atoms with van der Waals surface area (Å²) >= 11 is 0. The number of benzene rings is 3. The number of carboxylic acid groups (broad SMARTS) is 1. The van der Waals surface area contributed by atoms with Crippen LogP contribution < -0.4 is 10.6 Å². The number of ether oxygens (including phenoxy) is 1. The summed E-state index contributed by atoms with van der Waals surface area (Å²) in [5.41, 5.74) is 4.94. The number of rotatable bonds is 9. The lowest BCUT2D eigenvalue weighted by atomic mass is 9.84. The molecule has 0 radical (unpaired) electrons. The normalized spacial score (nSPS) is 16.1. The van der Waals surface area contributed by atoms with Crippen LogP contribution >= 0.6 is 0 Å². The van der Waals surface area contributed by atoms with Crippen LogP contribution in [0.4, 0.5) is 4.79 Å². The quantitative estimate of drug-likeness (QED) is 0.386. The molecule has 1 aliphatic carbocycles. The van der Waals surface area contributed by atoms with Crippen LogP contribution in [0.5, 0.6) is 0 Å². The standard InChI is InChI=1S/C31H33N3O5/c35-28(32-19-29(36)37)18-31(14-16-34(17-15-31)20-22-8-2-1-3-9-22)33-30(38)39-21-27-25-12-6-4-10-23(25)24-11-5-7-13-26(24)27/h1-13,27H,14-21H2,(H,32,35)(H,33,38)(H,36,37). The van der Waals surface area contributed by atoms with Crippen molar-refractivity contribution in [2.45, 2.75) is 37.3 Å². The molecule has 8 nitrogen and oxygen atoms in total. The minimum atomic E-state index is -1.11.